The van der Waals surface area contributed by atoms with Crippen molar-refractivity contribution in [2.75, 3.05) is 6.61 Å². The largest absolute Gasteiger partial charge is 0.423 e. The first-order valence-electron chi connectivity index (χ1n) is 7.08. The number of nitrogens with one attached hydrogen (secondary N) is 1. The van der Waals surface area contributed by atoms with Gasteiger partial charge in [0.15, 0.2) is 5.79 Å². The van der Waals surface area contributed by atoms with Crippen molar-refractivity contribution in [1.82, 2.24) is 9.55 Å². The van der Waals surface area contributed by atoms with E-state index < -0.39 is 53.4 Å². The van der Waals surface area contributed by atoms with E-state index in [1.165, 1.54) is 18.8 Å². The van der Waals surface area contributed by atoms with Gasteiger partial charge in [-0.1, -0.05) is 0 Å². The predicted molar refractivity (Wildman–Crippen MR) is 73.4 cm³/mol. The Morgan fingerprint density at radius 1 is 1.40 bits per heavy atom. The number of aromatic amines is 1. The Hall–Kier alpha value is -1.76. The molecule has 1 aliphatic heterocycles. The van der Waals surface area contributed by atoms with Crippen LogP contribution in [0.2, 0.25) is 0 Å². The summed E-state index contributed by atoms with van der Waals surface area (Å²) < 4.78 is 62.9. The van der Waals surface area contributed by atoms with Crippen molar-refractivity contribution in [2.45, 2.75) is 50.4 Å². The number of hydrogen-bond donors (Lipinski definition) is 3. The quantitative estimate of drug-likeness (QED) is 0.639. The molecule has 1 saturated heterocycles. The molecule has 1 aliphatic rings. The highest BCUT2D eigenvalue weighted by Gasteiger charge is 2.44. The lowest BCUT2D eigenvalue weighted by Crippen LogP contribution is -2.55. The minimum atomic E-state index is -5.13. The third-order valence-corrected chi connectivity index (χ3v) is 3.56. The van der Waals surface area contributed by atoms with Crippen LogP contribution in [0.1, 0.15) is 25.7 Å². The van der Waals surface area contributed by atoms with E-state index in [2.05, 4.69) is 0 Å². The maximum Gasteiger partial charge on any atom is 0.423 e. The van der Waals surface area contributed by atoms with Gasteiger partial charge in [-0.15, -0.1) is 0 Å². The van der Waals surface area contributed by atoms with Crippen molar-refractivity contribution in [1.29, 1.82) is 0 Å². The molecule has 0 bridgehead atoms. The highest BCUT2D eigenvalue weighted by atomic mass is 19.4. The molecular weight excluding hydrogens is 356 g/mol. The molecule has 142 valence electrons. The van der Waals surface area contributed by atoms with Crippen molar-refractivity contribution >= 4 is 0 Å². The van der Waals surface area contributed by atoms with Gasteiger partial charge < -0.3 is 19.7 Å². The van der Waals surface area contributed by atoms with Crippen LogP contribution in [0, 0.1) is 0 Å². The summed E-state index contributed by atoms with van der Waals surface area (Å²) in [5.74, 6) is -1.29. The fraction of sp³-hybridized carbons (Fsp3) is 0.692. The average Bonchev–Trinajstić information content (AvgIpc) is 2.47. The van der Waals surface area contributed by atoms with E-state index in [0.29, 0.717) is 0 Å². The molecule has 3 N–H and O–H groups in total. The summed E-state index contributed by atoms with van der Waals surface area (Å²) in [4.78, 5) is 24.2. The van der Waals surface area contributed by atoms with Gasteiger partial charge >= 0.3 is 11.9 Å². The molecule has 2 rings (SSSR count). The maximum atomic E-state index is 14.5. The van der Waals surface area contributed by atoms with Gasteiger partial charge in [0, 0.05) is 6.20 Å². The van der Waals surface area contributed by atoms with E-state index in [9.17, 15) is 37.4 Å². The van der Waals surface area contributed by atoms with E-state index >= 15 is 0 Å². The first-order valence-corrected chi connectivity index (χ1v) is 7.08. The zero-order valence-electron chi connectivity index (χ0n) is 13.1. The van der Waals surface area contributed by atoms with Crippen molar-refractivity contribution in [3.63, 3.8) is 0 Å². The fourth-order valence-corrected chi connectivity index (χ4v) is 2.31. The van der Waals surface area contributed by atoms with Crippen LogP contribution in [0.4, 0.5) is 17.6 Å². The van der Waals surface area contributed by atoms with Gasteiger partial charge in [0.2, 0.25) is 6.30 Å². The zero-order chi connectivity index (χ0) is 19.2. The standard InChI is InChI=1S/C13H16F4N2O6/c1-12(2)24-4-6(20)8(25-12)7(21)9(14)19-3-5(13(15,16)17)10(22)18-11(19)23/h3,6-9,20-21H,4H2,1-2H3,(H,18,22,23)/t6-,7-,8?,9?/m1/s1. The van der Waals surface area contributed by atoms with Gasteiger partial charge in [0.25, 0.3) is 5.56 Å². The number of halogens is 4. The summed E-state index contributed by atoms with van der Waals surface area (Å²) in [6, 6.07) is 0. The van der Waals surface area contributed by atoms with Crippen molar-refractivity contribution in [3.8, 4) is 0 Å². The highest BCUT2D eigenvalue weighted by Crippen LogP contribution is 2.30. The molecule has 2 heterocycles. The van der Waals surface area contributed by atoms with Crippen LogP contribution in [0.3, 0.4) is 0 Å². The van der Waals surface area contributed by atoms with E-state index in [1.54, 1.807) is 0 Å². The molecular formula is C13H16F4N2O6. The van der Waals surface area contributed by atoms with Crippen LogP contribution in [0.15, 0.2) is 15.8 Å². The number of nitrogens with zero attached hydrogens (tertiary/aromatic N) is 1. The van der Waals surface area contributed by atoms with Crippen LogP contribution in [-0.4, -0.2) is 50.5 Å². The molecule has 8 nitrogen and oxygen atoms in total. The SMILES string of the molecule is CC1(C)OC[C@@H](O)C([C@@H](O)C(F)n2cc(C(F)(F)F)c(=O)[nH]c2=O)O1. The Kier molecular flexibility index (Phi) is 5.10. The predicted octanol–water partition coefficient (Wildman–Crippen LogP) is -0.103. The minimum absolute atomic E-state index is 0.0358. The summed E-state index contributed by atoms with van der Waals surface area (Å²) in [6.45, 7) is 2.51. The second-order valence-corrected chi connectivity index (χ2v) is 5.93. The van der Waals surface area contributed by atoms with Crippen molar-refractivity contribution in [2.24, 2.45) is 0 Å². The molecule has 0 aromatic carbocycles. The van der Waals surface area contributed by atoms with Crippen LogP contribution in [0.25, 0.3) is 0 Å². The average molecular weight is 372 g/mol. The second-order valence-electron chi connectivity index (χ2n) is 5.93. The van der Waals surface area contributed by atoms with E-state index in [4.69, 9.17) is 9.47 Å². The van der Waals surface area contributed by atoms with E-state index in [1.807, 2.05) is 0 Å². The van der Waals surface area contributed by atoms with E-state index in [-0.39, 0.29) is 17.4 Å². The number of hydrogen-bond acceptors (Lipinski definition) is 6. The smallest absolute Gasteiger partial charge is 0.388 e. The molecule has 25 heavy (non-hydrogen) atoms. The number of aromatic nitrogens is 2. The normalized spacial score (nSPS) is 26.2. The monoisotopic (exact) mass is 372 g/mol. The van der Waals surface area contributed by atoms with Crippen LogP contribution in [-0.2, 0) is 15.7 Å². The summed E-state index contributed by atoms with van der Waals surface area (Å²) in [7, 11) is 0. The summed E-state index contributed by atoms with van der Waals surface area (Å²) >= 11 is 0. The number of alkyl halides is 4. The third-order valence-electron chi connectivity index (χ3n) is 3.56. The molecule has 2 unspecified atom stereocenters. The number of H-pyrrole nitrogens is 1. The number of rotatable bonds is 3. The van der Waals surface area contributed by atoms with Crippen LogP contribution < -0.4 is 11.2 Å². The molecule has 0 aliphatic carbocycles. The number of aliphatic hydroxyl groups is 2. The maximum absolute atomic E-state index is 14.5. The van der Waals surface area contributed by atoms with Gasteiger partial charge in [0.05, 0.1) is 6.61 Å². The molecule has 0 spiro atoms. The fourth-order valence-electron chi connectivity index (χ4n) is 2.31. The molecule has 12 heteroatoms. The Morgan fingerprint density at radius 3 is 2.56 bits per heavy atom. The molecule has 1 aromatic heterocycles. The first kappa shape index (κ1) is 19.6. The number of aliphatic hydroxyl groups excluding tert-OH is 2. The molecule has 4 atom stereocenters. The highest BCUT2D eigenvalue weighted by molar-refractivity contribution is 5.09. The van der Waals surface area contributed by atoms with Crippen molar-refractivity contribution in [3.05, 3.63) is 32.6 Å². The molecule has 1 aromatic rings. The van der Waals surface area contributed by atoms with Gasteiger partial charge in [-0.3, -0.25) is 14.3 Å². The summed E-state index contributed by atoms with van der Waals surface area (Å²) in [6.07, 6.45) is -13.2. The van der Waals surface area contributed by atoms with Crippen molar-refractivity contribution < 1.29 is 37.2 Å². The summed E-state index contributed by atoms with van der Waals surface area (Å²) in [5, 5.41) is 19.8. The lowest BCUT2D eigenvalue weighted by Gasteiger charge is -2.41. The molecule has 0 saturated carbocycles. The minimum Gasteiger partial charge on any atom is -0.388 e. The van der Waals surface area contributed by atoms with Gasteiger partial charge in [-0.05, 0) is 13.8 Å². The van der Waals surface area contributed by atoms with Gasteiger partial charge in [0.1, 0.15) is 23.9 Å². The molecule has 1 fully saturated rings. The Bertz CT molecular complexity index is 743. The lowest BCUT2D eigenvalue weighted by molar-refractivity contribution is -0.324. The van der Waals surface area contributed by atoms with Gasteiger partial charge in [-0.25, -0.2) is 9.18 Å². The second kappa shape index (κ2) is 6.52. The molecule has 0 radical (unpaired) electrons. The molecule has 0 amide bonds. The van der Waals surface area contributed by atoms with Gasteiger partial charge in [-0.2, -0.15) is 13.2 Å². The number of ether oxygens (including phenoxy) is 2. The summed E-state index contributed by atoms with van der Waals surface area (Å²) in [5.41, 5.74) is -5.04. The van der Waals surface area contributed by atoms with Crippen LogP contribution in [0.5, 0.6) is 0 Å². The Balaban J connectivity index is 2.38. The van der Waals surface area contributed by atoms with E-state index in [0.717, 1.165) is 0 Å². The van der Waals surface area contributed by atoms with Crippen LogP contribution >= 0.6 is 0 Å². The Labute approximate surface area is 137 Å². The topological polar surface area (TPSA) is 114 Å². The Morgan fingerprint density at radius 2 is 2.00 bits per heavy atom. The third kappa shape index (κ3) is 4.08. The first-order chi connectivity index (χ1) is 11.3. The lowest BCUT2D eigenvalue weighted by atomic mass is 10.1. The zero-order valence-corrected chi connectivity index (χ0v) is 13.1.